The third kappa shape index (κ3) is 5.09. The lowest BCUT2D eigenvalue weighted by Gasteiger charge is -2.13. The Bertz CT molecular complexity index is 1090. The molecular formula is C20H20ClN3O4S. The fourth-order valence-corrected chi connectivity index (χ4v) is 3.79. The minimum atomic E-state index is -0.239. The lowest BCUT2D eigenvalue weighted by Crippen LogP contribution is -2.26. The van der Waals surface area contributed by atoms with Crippen LogP contribution in [0.25, 0.3) is 10.9 Å². The summed E-state index contributed by atoms with van der Waals surface area (Å²) >= 11 is 7.28. The van der Waals surface area contributed by atoms with Crippen LogP contribution in [0.5, 0.6) is 5.75 Å². The van der Waals surface area contributed by atoms with E-state index >= 15 is 0 Å². The summed E-state index contributed by atoms with van der Waals surface area (Å²) in [6, 6.07) is 12.1. The molecular weight excluding hydrogens is 414 g/mol. The van der Waals surface area contributed by atoms with Crippen LogP contribution >= 0.6 is 23.4 Å². The zero-order valence-electron chi connectivity index (χ0n) is 16.0. The smallest absolute Gasteiger partial charge is 0.262 e. The molecule has 0 aliphatic carbocycles. The van der Waals surface area contributed by atoms with Crippen LogP contribution in [0.15, 0.2) is 52.4 Å². The molecule has 0 fully saturated rings. The highest BCUT2D eigenvalue weighted by molar-refractivity contribution is 7.99. The van der Waals surface area contributed by atoms with Crippen molar-refractivity contribution in [2.24, 2.45) is 0 Å². The number of thioether (sulfide) groups is 1. The van der Waals surface area contributed by atoms with E-state index in [0.29, 0.717) is 45.7 Å². The number of ether oxygens (including phenoxy) is 2. The van der Waals surface area contributed by atoms with Gasteiger partial charge in [0.1, 0.15) is 5.75 Å². The standard InChI is InChI=1S/C20H20ClN3O4S/c1-27-10-9-24-19(26)14-5-3-4-6-16(14)23-20(24)29-12-18(25)22-13-7-8-17(28-2)15(21)11-13/h3-8,11H,9-10,12H2,1-2H3,(H,22,25). The van der Waals surface area contributed by atoms with Crippen molar-refractivity contribution < 1.29 is 14.3 Å². The molecule has 3 rings (SSSR count). The van der Waals surface area contributed by atoms with Crippen LogP contribution in [0.1, 0.15) is 0 Å². The Hall–Kier alpha value is -2.55. The van der Waals surface area contributed by atoms with E-state index < -0.39 is 0 Å². The summed E-state index contributed by atoms with van der Waals surface area (Å²) in [4.78, 5) is 29.8. The minimum Gasteiger partial charge on any atom is -0.495 e. The highest BCUT2D eigenvalue weighted by Crippen LogP contribution is 2.27. The molecule has 1 amide bonds. The molecule has 3 aromatic rings. The molecule has 0 bridgehead atoms. The maximum atomic E-state index is 12.8. The Morgan fingerprint density at radius 3 is 2.76 bits per heavy atom. The first-order chi connectivity index (χ1) is 14.0. The van der Waals surface area contributed by atoms with Gasteiger partial charge in [-0.05, 0) is 30.3 Å². The quantitative estimate of drug-likeness (QED) is 0.433. The highest BCUT2D eigenvalue weighted by atomic mass is 35.5. The van der Waals surface area contributed by atoms with Gasteiger partial charge in [-0.3, -0.25) is 14.2 Å². The topological polar surface area (TPSA) is 82.4 Å². The molecule has 1 heterocycles. The molecule has 29 heavy (non-hydrogen) atoms. The Labute approximate surface area is 177 Å². The number of nitrogens with zero attached hydrogens (tertiary/aromatic N) is 2. The summed E-state index contributed by atoms with van der Waals surface area (Å²) in [6.45, 7) is 0.717. The molecule has 0 unspecified atom stereocenters. The fraction of sp³-hybridized carbons (Fsp3) is 0.250. The number of aromatic nitrogens is 2. The van der Waals surface area contributed by atoms with Crippen LogP contribution in [0.2, 0.25) is 5.02 Å². The number of hydrogen-bond donors (Lipinski definition) is 1. The maximum absolute atomic E-state index is 12.8. The number of halogens is 1. The average Bonchev–Trinajstić information content (AvgIpc) is 2.72. The van der Waals surface area contributed by atoms with Crippen molar-refractivity contribution in [3.05, 3.63) is 57.8 Å². The molecule has 0 atom stereocenters. The molecule has 0 spiro atoms. The Balaban J connectivity index is 1.77. The van der Waals surface area contributed by atoms with Gasteiger partial charge in [0.05, 0.1) is 41.9 Å². The van der Waals surface area contributed by atoms with Gasteiger partial charge >= 0.3 is 0 Å². The van der Waals surface area contributed by atoms with Crippen LogP contribution < -0.4 is 15.6 Å². The van der Waals surface area contributed by atoms with E-state index in [2.05, 4.69) is 10.3 Å². The molecule has 0 aliphatic rings. The van der Waals surface area contributed by atoms with Gasteiger partial charge in [0.25, 0.3) is 5.56 Å². The second-order valence-corrected chi connectivity index (χ2v) is 7.40. The fourth-order valence-electron chi connectivity index (χ4n) is 2.71. The Morgan fingerprint density at radius 2 is 2.03 bits per heavy atom. The zero-order valence-corrected chi connectivity index (χ0v) is 17.5. The van der Waals surface area contributed by atoms with Crippen LogP contribution in [-0.4, -0.2) is 42.0 Å². The lowest BCUT2D eigenvalue weighted by molar-refractivity contribution is -0.113. The minimum absolute atomic E-state index is 0.0847. The highest BCUT2D eigenvalue weighted by Gasteiger charge is 2.13. The van der Waals surface area contributed by atoms with Crippen LogP contribution in [0, 0.1) is 0 Å². The van der Waals surface area contributed by atoms with Crippen molar-refractivity contribution in [3.63, 3.8) is 0 Å². The number of rotatable bonds is 8. The molecule has 0 saturated carbocycles. The monoisotopic (exact) mass is 433 g/mol. The van der Waals surface area contributed by atoms with Crippen molar-refractivity contribution in [3.8, 4) is 5.75 Å². The van der Waals surface area contributed by atoms with Crippen molar-refractivity contribution in [1.82, 2.24) is 9.55 Å². The van der Waals surface area contributed by atoms with E-state index in [1.807, 2.05) is 6.07 Å². The van der Waals surface area contributed by atoms with Gasteiger partial charge in [-0.2, -0.15) is 0 Å². The van der Waals surface area contributed by atoms with Gasteiger partial charge in [0.2, 0.25) is 5.91 Å². The van der Waals surface area contributed by atoms with E-state index in [1.165, 1.54) is 23.4 Å². The van der Waals surface area contributed by atoms with E-state index in [4.69, 9.17) is 21.1 Å². The summed E-state index contributed by atoms with van der Waals surface area (Å²) in [5, 5.41) is 4.18. The van der Waals surface area contributed by atoms with E-state index in [1.54, 1.807) is 43.5 Å². The summed E-state index contributed by atoms with van der Waals surface area (Å²) in [5.41, 5.74) is 0.998. The largest absolute Gasteiger partial charge is 0.495 e. The normalized spacial score (nSPS) is 10.9. The van der Waals surface area contributed by atoms with Crippen molar-refractivity contribution >= 4 is 45.9 Å². The molecule has 2 aromatic carbocycles. The third-order valence-electron chi connectivity index (χ3n) is 4.11. The number of para-hydroxylation sites is 1. The number of anilines is 1. The number of amides is 1. The summed E-state index contributed by atoms with van der Waals surface area (Å²) < 4.78 is 11.7. The second-order valence-electron chi connectivity index (χ2n) is 6.05. The third-order valence-corrected chi connectivity index (χ3v) is 5.39. The summed E-state index contributed by atoms with van der Waals surface area (Å²) in [5.74, 6) is 0.375. The summed E-state index contributed by atoms with van der Waals surface area (Å²) in [7, 11) is 3.09. The molecule has 1 aromatic heterocycles. The van der Waals surface area contributed by atoms with Gasteiger partial charge in [0, 0.05) is 12.8 Å². The van der Waals surface area contributed by atoms with Crippen molar-refractivity contribution in [1.29, 1.82) is 0 Å². The first kappa shape index (κ1) is 21.2. The van der Waals surface area contributed by atoms with E-state index in [0.717, 1.165) is 0 Å². The van der Waals surface area contributed by atoms with E-state index in [-0.39, 0.29) is 17.2 Å². The molecule has 0 radical (unpaired) electrons. The molecule has 7 nitrogen and oxygen atoms in total. The van der Waals surface area contributed by atoms with Gasteiger partial charge in [-0.1, -0.05) is 35.5 Å². The number of fused-ring (bicyclic) bond motifs is 1. The van der Waals surface area contributed by atoms with Crippen molar-refractivity contribution in [2.75, 3.05) is 31.9 Å². The van der Waals surface area contributed by atoms with Crippen LogP contribution in [0.4, 0.5) is 5.69 Å². The van der Waals surface area contributed by atoms with Crippen LogP contribution in [-0.2, 0) is 16.1 Å². The molecule has 9 heteroatoms. The lowest BCUT2D eigenvalue weighted by atomic mass is 10.2. The predicted molar refractivity (Wildman–Crippen MR) is 115 cm³/mol. The van der Waals surface area contributed by atoms with Gasteiger partial charge in [0.15, 0.2) is 5.16 Å². The number of hydrogen-bond acceptors (Lipinski definition) is 6. The Kier molecular flexibility index (Phi) is 7.13. The SMILES string of the molecule is COCCn1c(SCC(=O)Nc2ccc(OC)c(Cl)c2)nc2ccccc2c1=O. The van der Waals surface area contributed by atoms with E-state index in [9.17, 15) is 9.59 Å². The number of benzene rings is 2. The maximum Gasteiger partial charge on any atom is 0.262 e. The number of carbonyl (C=O) groups excluding carboxylic acids is 1. The first-order valence-electron chi connectivity index (χ1n) is 8.78. The second kappa shape index (κ2) is 9.78. The molecule has 0 aliphatic heterocycles. The number of methoxy groups -OCH3 is 2. The first-order valence-corrected chi connectivity index (χ1v) is 10.1. The summed E-state index contributed by atoms with van der Waals surface area (Å²) in [6.07, 6.45) is 0. The van der Waals surface area contributed by atoms with Crippen molar-refractivity contribution in [2.45, 2.75) is 11.7 Å². The molecule has 1 N–H and O–H groups in total. The van der Waals surface area contributed by atoms with Gasteiger partial charge < -0.3 is 14.8 Å². The molecule has 152 valence electrons. The number of carbonyl (C=O) groups is 1. The van der Waals surface area contributed by atoms with Crippen LogP contribution in [0.3, 0.4) is 0 Å². The number of nitrogens with one attached hydrogen (secondary N) is 1. The Morgan fingerprint density at radius 1 is 1.24 bits per heavy atom. The predicted octanol–water partition coefficient (Wildman–Crippen LogP) is 3.44. The molecule has 0 saturated heterocycles. The van der Waals surface area contributed by atoms with Gasteiger partial charge in [-0.25, -0.2) is 4.98 Å². The van der Waals surface area contributed by atoms with Gasteiger partial charge in [-0.15, -0.1) is 0 Å². The average molecular weight is 434 g/mol. The zero-order chi connectivity index (χ0) is 20.8.